The van der Waals surface area contributed by atoms with Crippen molar-refractivity contribution in [1.29, 1.82) is 0 Å². The van der Waals surface area contributed by atoms with Crippen LogP contribution in [0.2, 0.25) is 0 Å². The predicted molar refractivity (Wildman–Crippen MR) is 132 cm³/mol. The van der Waals surface area contributed by atoms with Gasteiger partial charge in [0.25, 0.3) is 0 Å². The van der Waals surface area contributed by atoms with Crippen molar-refractivity contribution in [3.05, 3.63) is 54.6 Å². The van der Waals surface area contributed by atoms with E-state index in [4.69, 9.17) is 0 Å². The summed E-state index contributed by atoms with van der Waals surface area (Å²) in [7, 11) is 1.59. The maximum atomic E-state index is 13.6. The normalized spacial score (nSPS) is 25.9. The molecular weight excluding hydrogens is 430 g/mol. The zero-order valence-corrected chi connectivity index (χ0v) is 19.7. The molecule has 1 aliphatic carbocycles. The van der Waals surface area contributed by atoms with Gasteiger partial charge in [-0.25, -0.2) is 0 Å². The van der Waals surface area contributed by atoms with Crippen LogP contribution in [-0.4, -0.2) is 54.0 Å². The lowest BCUT2D eigenvalue weighted by Gasteiger charge is -2.34. The minimum Gasteiger partial charge on any atom is -0.396 e. The van der Waals surface area contributed by atoms with E-state index in [1.165, 1.54) is 0 Å². The van der Waals surface area contributed by atoms with Gasteiger partial charge in [-0.05, 0) is 41.7 Å². The number of allylic oxidation sites excluding steroid dienone is 1. The molecule has 1 saturated heterocycles. The number of aliphatic hydroxyl groups excluding tert-OH is 1. The predicted octanol–water partition coefficient (Wildman–Crippen LogP) is 2.95. The Morgan fingerprint density at radius 2 is 1.82 bits per heavy atom. The number of aliphatic hydroxyl groups is 1. The first-order valence-electron chi connectivity index (χ1n) is 12.1. The van der Waals surface area contributed by atoms with E-state index >= 15 is 0 Å². The highest BCUT2D eigenvalue weighted by atomic mass is 16.3. The lowest BCUT2D eigenvalue weighted by Crippen LogP contribution is -2.45. The lowest BCUT2D eigenvalue weighted by molar-refractivity contribution is -0.140. The Bertz CT molecular complexity index is 1100. The zero-order valence-electron chi connectivity index (χ0n) is 19.7. The molecule has 2 aromatic carbocycles. The minimum atomic E-state index is -0.735. The number of anilines is 1. The first-order chi connectivity index (χ1) is 16.5. The number of fused-ring (bicyclic) bond motifs is 2. The third-order valence-corrected chi connectivity index (χ3v) is 7.13. The van der Waals surface area contributed by atoms with Gasteiger partial charge < -0.3 is 20.6 Å². The number of carbonyl (C=O) groups is 3. The summed E-state index contributed by atoms with van der Waals surface area (Å²) in [6, 6.07) is 12.9. The molecule has 34 heavy (non-hydrogen) atoms. The van der Waals surface area contributed by atoms with Gasteiger partial charge in [0.2, 0.25) is 17.7 Å². The van der Waals surface area contributed by atoms with Crippen LogP contribution >= 0.6 is 0 Å². The molecule has 2 aliphatic rings. The van der Waals surface area contributed by atoms with Crippen LogP contribution in [0.25, 0.3) is 10.8 Å². The second-order valence-electron chi connectivity index (χ2n) is 9.19. The van der Waals surface area contributed by atoms with Crippen molar-refractivity contribution >= 4 is 34.2 Å². The topological polar surface area (TPSA) is 98.7 Å². The number of hydrogen-bond acceptors (Lipinski definition) is 4. The molecule has 0 spiro atoms. The summed E-state index contributed by atoms with van der Waals surface area (Å²) in [5, 5.41) is 17.2. The number of nitrogens with one attached hydrogen (secondary N) is 2. The highest BCUT2D eigenvalue weighted by Gasteiger charge is 2.56. The van der Waals surface area contributed by atoms with Crippen molar-refractivity contribution in [2.24, 2.45) is 23.7 Å². The third kappa shape index (κ3) is 4.44. The van der Waals surface area contributed by atoms with Crippen molar-refractivity contribution in [2.45, 2.75) is 32.2 Å². The molecule has 5 atom stereocenters. The summed E-state index contributed by atoms with van der Waals surface area (Å²) in [5.41, 5.74) is 0.660. The first-order valence-corrected chi connectivity index (χ1v) is 12.1. The van der Waals surface area contributed by atoms with Crippen molar-refractivity contribution in [2.75, 3.05) is 25.5 Å². The standard InChI is InChI=1S/C27H33N3O4/c1-3-7-18-11-13-21-23(22(18)25(32)28-2)27(34)30(14-6-15-31)24(21)26(33)29-20-12-10-17-8-4-5-9-19(17)16-20/h4-5,8-13,16,18,21-24,31H,3,6-7,14-15H2,1-2H3,(H,28,32)(H,29,33)/t18-,21+,22-,23-,24+/m1/s1. The fourth-order valence-electron chi connectivity index (χ4n) is 5.60. The van der Waals surface area contributed by atoms with Crippen LogP contribution in [0.5, 0.6) is 0 Å². The van der Waals surface area contributed by atoms with E-state index in [9.17, 15) is 19.5 Å². The third-order valence-electron chi connectivity index (χ3n) is 7.13. The number of rotatable bonds is 8. The monoisotopic (exact) mass is 463 g/mol. The summed E-state index contributed by atoms with van der Waals surface area (Å²) in [6.45, 7) is 2.25. The maximum absolute atomic E-state index is 13.6. The summed E-state index contributed by atoms with van der Waals surface area (Å²) < 4.78 is 0. The average molecular weight is 464 g/mol. The van der Waals surface area contributed by atoms with E-state index in [1.807, 2.05) is 54.6 Å². The van der Waals surface area contributed by atoms with Gasteiger partial charge in [0.1, 0.15) is 6.04 Å². The van der Waals surface area contributed by atoms with Gasteiger partial charge in [-0.15, -0.1) is 0 Å². The van der Waals surface area contributed by atoms with Crippen LogP contribution in [-0.2, 0) is 14.4 Å². The Morgan fingerprint density at radius 3 is 2.53 bits per heavy atom. The molecule has 2 aromatic rings. The number of nitrogens with zero attached hydrogens (tertiary/aromatic N) is 1. The molecule has 7 nitrogen and oxygen atoms in total. The molecule has 3 amide bonds. The molecule has 0 aromatic heterocycles. The van der Waals surface area contributed by atoms with Crippen LogP contribution in [0.1, 0.15) is 26.2 Å². The van der Waals surface area contributed by atoms with E-state index < -0.39 is 23.8 Å². The molecular formula is C27H33N3O4. The summed E-state index contributed by atoms with van der Waals surface area (Å²) in [6.07, 6.45) is 6.05. The van der Waals surface area contributed by atoms with Crippen molar-refractivity contribution in [3.8, 4) is 0 Å². The summed E-state index contributed by atoms with van der Waals surface area (Å²) >= 11 is 0. The van der Waals surface area contributed by atoms with Crippen molar-refractivity contribution in [1.82, 2.24) is 10.2 Å². The molecule has 3 N–H and O–H groups in total. The second kappa shape index (κ2) is 10.4. The van der Waals surface area contributed by atoms with Crippen LogP contribution in [0.3, 0.4) is 0 Å². The Balaban J connectivity index is 1.67. The van der Waals surface area contributed by atoms with Crippen molar-refractivity contribution < 1.29 is 19.5 Å². The van der Waals surface area contributed by atoms with Gasteiger partial charge in [-0.3, -0.25) is 14.4 Å². The largest absolute Gasteiger partial charge is 0.396 e. The number of likely N-dealkylation sites (tertiary alicyclic amines) is 1. The minimum absolute atomic E-state index is 0.0443. The van der Waals surface area contributed by atoms with E-state index in [2.05, 4.69) is 17.6 Å². The van der Waals surface area contributed by atoms with Crippen molar-refractivity contribution in [3.63, 3.8) is 0 Å². The Labute approximate surface area is 200 Å². The van der Waals surface area contributed by atoms with Gasteiger partial charge in [-0.2, -0.15) is 0 Å². The van der Waals surface area contributed by atoms with E-state index in [1.54, 1.807) is 11.9 Å². The summed E-state index contributed by atoms with van der Waals surface area (Å²) in [5.74, 6) is -2.17. The highest BCUT2D eigenvalue weighted by Crippen LogP contribution is 2.45. The zero-order chi connectivity index (χ0) is 24.2. The van der Waals surface area contributed by atoms with E-state index in [-0.39, 0.29) is 36.8 Å². The van der Waals surface area contributed by atoms with Gasteiger partial charge in [0.15, 0.2) is 0 Å². The fraction of sp³-hybridized carbons (Fsp3) is 0.444. The Morgan fingerprint density at radius 1 is 1.06 bits per heavy atom. The van der Waals surface area contributed by atoms with Gasteiger partial charge in [0.05, 0.1) is 11.8 Å². The van der Waals surface area contributed by atoms with Gasteiger partial charge in [0, 0.05) is 31.8 Å². The van der Waals surface area contributed by atoms with Crippen LogP contribution in [0, 0.1) is 23.7 Å². The SMILES string of the molecule is CCC[C@@H]1C=C[C@H]2[C@@H](C(=O)N(CCCO)[C@@H]2C(=O)Nc2ccc3ccccc3c2)[C@@H]1C(=O)NC. The fourth-order valence-corrected chi connectivity index (χ4v) is 5.60. The van der Waals surface area contributed by atoms with Gasteiger partial charge in [-0.1, -0.05) is 55.8 Å². The van der Waals surface area contributed by atoms with E-state index in [0.29, 0.717) is 12.1 Å². The molecule has 0 radical (unpaired) electrons. The molecule has 1 fully saturated rings. The Hall–Kier alpha value is -3.19. The number of benzene rings is 2. The smallest absolute Gasteiger partial charge is 0.247 e. The Kier molecular flexibility index (Phi) is 7.32. The lowest BCUT2D eigenvalue weighted by atomic mass is 9.68. The molecule has 0 bridgehead atoms. The molecule has 0 unspecified atom stereocenters. The maximum Gasteiger partial charge on any atom is 0.247 e. The number of amides is 3. The highest BCUT2D eigenvalue weighted by molar-refractivity contribution is 6.02. The number of hydrogen-bond donors (Lipinski definition) is 3. The molecule has 4 rings (SSSR count). The molecule has 180 valence electrons. The van der Waals surface area contributed by atoms with Gasteiger partial charge >= 0.3 is 0 Å². The van der Waals surface area contributed by atoms with E-state index in [0.717, 1.165) is 23.6 Å². The van der Waals surface area contributed by atoms with Crippen LogP contribution in [0.4, 0.5) is 5.69 Å². The molecule has 0 saturated carbocycles. The molecule has 1 heterocycles. The molecule has 1 aliphatic heterocycles. The number of carbonyl (C=O) groups excluding carboxylic acids is 3. The quantitative estimate of drug-likeness (QED) is 0.524. The van der Waals surface area contributed by atoms with Crippen LogP contribution in [0.15, 0.2) is 54.6 Å². The molecule has 7 heteroatoms. The summed E-state index contributed by atoms with van der Waals surface area (Å²) in [4.78, 5) is 41.7. The second-order valence-corrected chi connectivity index (χ2v) is 9.19. The van der Waals surface area contributed by atoms with Crippen LogP contribution < -0.4 is 10.6 Å². The average Bonchev–Trinajstić information content (AvgIpc) is 3.13. The first kappa shape index (κ1) is 24.0.